The van der Waals surface area contributed by atoms with Gasteiger partial charge >= 0.3 is 0 Å². The SMILES string of the molecule is Nc1ncnc(N2CCCC(O)(C(=O)N3CCCC3)C2)c1Cl. The van der Waals surface area contributed by atoms with E-state index in [2.05, 4.69) is 9.97 Å². The average Bonchev–Trinajstić information content (AvgIpc) is 3.03. The van der Waals surface area contributed by atoms with Crippen molar-refractivity contribution in [3.8, 4) is 0 Å². The standard InChI is InChI=1S/C14H20ClN5O2/c15-10-11(16)17-9-18-12(10)20-7-3-4-14(22,8-20)13(21)19-5-1-2-6-19/h9,22H,1-8H2,(H2,16,17,18). The molecule has 1 aromatic heterocycles. The lowest BCUT2D eigenvalue weighted by Crippen LogP contribution is -2.58. The van der Waals surface area contributed by atoms with Crippen molar-refractivity contribution < 1.29 is 9.90 Å². The van der Waals surface area contributed by atoms with E-state index < -0.39 is 5.60 Å². The maximum Gasteiger partial charge on any atom is 0.256 e. The number of β-amino-alcohol motifs (C(OH)–C–C–N with tert-alkyl or cyclic N) is 1. The molecule has 0 spiro atoms. The molecule has 2 aliphatic heterocycles. The molecule has 0 aromatic carbocycles. The van der Waals surface area contributed by atoms with E-state index >= 15 is 0 Å². The van der Waals surface area contributed by atoms with Crippen LogP contribution in [0, 0.1) is 0 Å². The number of halogens is 1. The number of carbonyl (C=O) groups is 1. The molecule has 2 fully saturated rings. The lowest BCUT2D eigenvalue weighted by Gasteiger charge is -2.40. The Morgan fingerprint density at radius 3 is 2.73 bits per heavy atom. The Bertz CT molecular complexity index is 578. The topological polar surface area (TPSA) is 95.6 Å². The Hall–Kier alpha value is -1.60. The predicted octanol–water partition coefficient (Wildman–Crippen LogP) is 0.666. The minimum Gasteiger partial charge on any atom is -0.382 e. The molecule has 1 aromatic rings. The second-order valence-corrected chi connectivity index (χ2v) is 6.33. The number of anilines is 2. The minimum absolute atomic E-state index is 0.179. The van der Waals surface area contributed by atoms with Crippen molar-refractivity contribution in [3.63, 3.8) is 0 Å². The van der Waals surface area contributed by atoms with E-state index in [-0.39, 0.29) is 23.3 Å². The summed E-state index contributed by atoms with van der Waals surface area (Å²) >= 11 is 6.16. The molecular weight excluding hydrogens is 306 g/mol. The Balaban J connectivity index is 1.81. The summed E-state index contributed by atoms with van der Waals surface area (Å²) in [5, 5.41) is 11.1. The van der Waals surface area contributed by atoms with Gasteiger partial charge < -0.3 is 20.6 Å². The number of rotatable bonds is 2. The van der Waals surface area contributed by atoms with E-state index in [1.54, 1.807) is 4.90 Å². The number of nitrogens with zero attached hydrogens (tertiary/aromatic N) is 4. The molecule has 3 N–H and O–H groups in total. The molecule has 1 unspecified atom stereocenters. The number of amides is 1. The molecule has 3 rings (SSSR count). The van der Waals surface area contributed by atoms with Crippen molar-refractivity contribution in [2.24, 2.45) is 0 Å². The molecule has 22 heavy (non-hydrogen) atoms. The molecule has 2 saturated heterocycles. The second kappa shape index (κ2) is 5.89. The average molecular weight is 326 g/mol. The maximum atomic E-state index is 12.6. The quantitative estimate of drug-likeness (QED) is 0.829. The Kier molecular flexibility index (Phi) is 4.10. The summed E-state index contributed by atoms with van der Waals surface area (Å²) in [7, 11) is 0. The molecular formula is C14H20ClN5O2. The molecule has 0 aliphatic carbocycles. The number of nitrogen functional groups attached to an aromatic ring is 1. The molecule has 1 atom stereocenters. The maximum absolute atomic E-state index is 12.6. The van der Waals surface area contributed by atoms with Crippen molar-refractivity contribution in [3.05, 3.63) is 11.3 Å². The molecule has 0 radical (unpaired) electrons. The highest BCUT2D eigenvalue weighted by atomic mass is 35.5. The zero-order valence-corrected chi connectivity index (χ0v) is 13.1. The zero-order valence-electron chi connectivity index (χ0n) is 12.3. The summed E-state index contributed by atoms with van der Waals surface area (Å²) < 4.78 is 0. The first kappa shape index (κ1) is 15.3. The van der Waals surface area contributed by atoms with Crippen LogP contribution < -0.4 is 10.6 Å². The zero-order chi connectivity index (χ0) is 15.7. The highest BCUT2D eigenvalue weighted by molar-refractivity contribution is 6.35. The third-order valence-electron chi connectivity index (χ3n) is 4.36. The van der Waals surface area contributed by atoms with Gasteiger partial charge in [-0.25, -0.2) is 9.97 Å². The van der Waals surface area contributed by atoms with Gasteiger partial charge in [0.25, 0.3) is 5.91 Å². The van der Waals surface area contributed by atoms with Gasteiger partial charge in [0.2, 0.25) is 0 Å². The number of piperidine rings is 1. The Morgan fingerprint density at radius 2 is 2.00 bits per heavy atom. The van der Waals surface area contributed by atoms with Crippen LogP contribution in [0.2, 0.25) is 5.02 Å². The van der Waals surface area contributed by atoms with E-state index in [9.17, 15) is 9.90 Å². The third kappa shape index (κ3) is 2.70. The lowest BCUT2D eigenvalue weighted by atomic mass is 9.91. The molecule has 1 amide bonds. The third-order valence-corrected chi connectivity index (χ3v) is 4.72. The molecule has 2 aliphatic rings. The van der Waals surface area contributed by atoms with Crippen molar-refractivity contribution in [2.45, 2.75) is 31.3 Å². The van der Waals surface area contributed by atoms with Gasteiger partial charge in [-0.05, 0) is 25.7 Å². The van der Waals surface area contributed by atoms with E-state index in [4.69, 9.17) is 17.3 Å². The fraction of sp³-hybridized carbons (Fsp3) is 0.643. The van der Waals surface area contributed by atoms with E-state index in [0.717, 1.165) is 25.9 Å². The Morgan fingerprint density at radius 1 is 1.27 bits per heavy atom. The van der Waals surface area contributed by atoms with Crippen LogP contribution in [0.5, 0.6) is 0 Å². The number of carbonyl (C=O) groups excluding carboxylic acids is 1. The molecule has 7 nitrogen and oxygen atoms in total. The molecule has 0 bridgehead atoms. The van der Waals surface area contributed by atoms with Gasteiger partial charge in [-0.2, -0.15) is 0 Å². The van der Waals surface area contributed by atoms with Gasteiger partial charge in [0.05, 0.1) is 6.54 Å². The van der Waals surface area contributed by atoms with Gasteiger partial charge in [-0.15, -0.1) is 0 Å². The summed E-state index contributed by atoms with van der Waals surface area (Å²) in [5.41, 5.74) is 4.32. The normalized spacial score (nSPS) is 25.5. The monoisotopic (exact) mass is 325 g/mol. The van der Waals surface area contributed by atoms with Crippen molar-refractivity contribution in [1.29, 1.82) is 0 Å². The van der Waals surface area contributed by atoms with Crippen LogP contribution in [0.4, 0.5) is 11.6 Å². The lowest BCUT2D eigenvalue weighted by molar-refractivity contribution is -0.151. The first-order chi connectivity index (χ1) is 10.5. The summed E-state index contributed by atoms with van der Waals surface area (Å²) in [6.45, 7) is 2.30. The summed E-state index contributed by atoms with van der Waals surface area (Å²) in [6.07, 6.45) is 4.49. The van der Waals surface area contributed by atoms with Crippen LogP contribution in [0.25, 0.3) is 0 Å². The van der Waals surface area contributed by atoms with Gasteiger partial charge in [-0.1, -0.05) is 11.6 Å². The second-order valence-electron chi connectivity index (χ2n) is 5.95. The number of nitrogens with two attached hydrogens (primary N) is 1. The van der Waals surface area contributed by atoms with Crippen LogP contribution >= 0.6 is 11.6 Å². The van der Waals surface area contributed by atoms with Gasteiger partial charge in [0.15, 0.2) is 11.4 Å². The van der Waals surface area contributed by atoms with Crippen molar-refractivity contribution >= 4 is 29.1 Å². The first-order valence-electron chi connectivity index (χ1n) is 7.54. The van der Waals surface area contributed by atoms with Crippen molar-refractivity contribution in [1.82, 2.24) is 14.9 Å². The number of aromatic nitrogens is 2. The molecule has 0 saturated carbocycles. The van der Waals surface area contributed by atoms with Crippen LogP contribution in [-0.4, -0.2) is 57.7 Å². The number of hydrogen-bond acceptors (Lipinski definition) is 6. The summed E-state index contributed by atoms with van der Waals surface area (Å²) in [6, 6.07) is 0. The fourth-order valence-corrected chi connectivity index (χ4v) is 3.42. The van der Waals surface area contributed by atoms with Gasteiger partial charge in [0, 0.05) is 19.6 Å². The predicted molar refractivity (Wildman–Crippen MR) is 83.7 cm³/mol. The molecule has 120 valence electrons. The van der Waals surface area contributed by atoms with Gasteiger partial charge in [0.1, 0.15) is 17.2 Å². The number of hydrogen-bond donors (Lipinski definition) is 2. The summed E-state index contributed by atoms with van der Waals surface area (Å²) in [4.78, 5) is 24.2. The minimum atomic E-state index is -1.38. The van der Waals surface area contributed by atoms with Crippen LogP contribution in [-0.2, 0) is 4.79 Å². The van der Waals surface area contributed by atoms with Crippen LogP contribution in [0.3, 0.4) is 0 Å². The highest BCUT2D eigenvalue weighted by Crippen LogP contribution is 2.32. The van der Waals surface area contributed by atoms with Crippen LogP contribution in [0.15, 0.2) is 6.33 Å². The largest absolute Gasteiger partial charge is 0.382 e. The Labute approximate surface area is 134 Å². The highest BCUT2D eigenvalue weighted by Gasteiger charge is 2.44. The van der Waals surface area contributed by atoms with E-state index in [0.29, 0.717) is 25.2 Å². The molecule has 3 heterocycles. The number of aliphatic hydroxyl groups is 1. The van der Waals surface area contributed by atoms with E-state index in [1.165, 1.54) is 6.33 Å². The number of likely N-dealkylation sites (tertiary alicyclic amines) is 1. The van der Waals surface area contributed by atoms with E-state index in [1.807, 2.05) is 4.90 Å². The summed E-state index contributed by atoms with van der Waals surface area (Å²) in [5.74, 6) is 0.487. The van der Waals surface area contributed by atoms with Crippen LogP contribution in [0.1, 0.15) is 25.7 Å². The fourth-order valence-electron chi connectivity index (χ4n) is 3.20. The molecule has 8 heteroatoms. The smallest absolute Gasteiger partial charge is 0.256 e. The first-order valence-corrected chi connectivity index (χ1v) is 7.92. The van der Waals surface area contributed by atoms with Gasteiger partial charge in [-0.3, -0.25) is 4.79 Å². The van der Waals surface area contributed by atoms with Crippen molar-refractivity contribution in [2.75, 3.05) is 36.8 Å².